The molecule has 0 aliphatic heterocycles. The molecule has 0 spiro atoms. The Morgan fingerprint density at radius 2 is 1.09 bits per heavy atom. The van der Waals surface area contributed by atoms with Gasteiger partial charge in [-0.05, 0) is 48.6 Å². The molecule has 22 heavy (non-hydrogen) atoms. The van der Waals surface area contributed by atoms with E-state index in [2.05, 4.69) is 48.9 Å². The van der Waals surface area contributed by atoms with Gasteiger partial charge in [-0.15, -0.1) is 22.7 Å². The second-order valence-corrected chi connectivity index (χ2v) is 7.84. The second kappa shape index (κ2) is 14.0. The molecular weight excluding hydrogens is 304 g/mol. The summed E-state index contributed by atoms with van der Waals surface area (Å²) in [6.07, 6.45) is 13.6. The molecule has 0 unspecified atom stereocenters. The summed E-state index contributed by atoms with van der Waals surface area (Å²) in [4.78, 5) is 3.09. The van der Waals surface area contributed by atoms with Crippen molar-refractivity contribution in [3.05, 3.63) is 44.8 Å². The summed E-state index contributed by atoms with van der Waals surface area (Å²) in [5.41, 5.74) is 0. The van der Waals surface area contributed by atoms with Crippen molar-refractivity contribution in [3.63, 3.8) is 0 Å². The average Bonchev–Trinajstić information content (AvgIpc) is 3.22. The lowest BCUT2D eigenvalue weighted by Crippen LogP contribution is -1.80. The highest BCUT2D eigenvalue weighted by Gasteiger charge is 1.93. The molecule has 2 aromatic rings. The fourth-order valence-corrected chi connectivity index (χ4v) is 3.86. The standard InChI is InChI=1S/2C10H16S/c2*1-2-3-4-5-7-10-8-6-9-11-10/h2*6,8-9H,2-5,7H2,1H3. The molecule has 0 N–H and O–H groups in total. The lowest BCUT2D eigenvalue weighted by Gasteiger charge is -1.95. The molecule has 0 bridgehead atoms. The highest BCUT2D eigenvalue weighted by Crippen LogP contribution is 2.13. The third kappa shape index (κ3) is 10.2. The summed E-state index contributed by atoms with van der Waals surface area (Å²) in [5, 5.41) is 4.32. The lowest BCUT2D eigenvalue weighted by molar-refractivity contribution is 0.670. The molecule has 0 aromatic carbocycles. The Hall–Kier alpha value is -0.600. The van der Waals surface area contributed by atoms with Gasteiger partial charge in [-0.2, -0.15) is 0 Å². The highest BCUT2D eigenvalue weighted by atomic mass is 32.1. The number of unbranched alkanes of at least 4 members (excludes halogenated alkanes) is 6. The summed E-state index contributed by atoms with van der Waals surface area (Å²) in [7, 11) is 0. The molecule has 0 nitrogen and oxygen atoms in total. The van der Waals surface area contributed by atoms with Gasteiger partial charge >= 0.3 is 0 Å². The molecule has 124 valence electrons. The van der Waals surface area contributed by atoms with E-state index >= 15 is 0 Å². The largest absolute Gasteiger partial charge is 0.149 e. The molecule has 0 radical (unpaired) electrons. The first-order valence-corrected chi connectivity index (χ1v) is 10.7. The minimum atomic E-state index is 1.29. The zero-order chi connectivity index (χ0) is 15.9. The molecule has 2 heterocycles. The van der Waals surface area contributed by atoms with Crippen LogP contribution >= 0.6 is 22.7 Å². The first kappa shape index (κ1) is 19.4. The molecule has 0 aliphatic rings. The number of hydrogen-bond donors (Lipinski definition) is 0. The van der Waals surface area contributed by atoms with Gasteiger partial charge in [0.2, 0.25) is 0 Å². The van der Waals surface area contributed by atoms with Gasteiger partial charge in [-0.3, -0.25) is 0 Å². The molecule has 2 aromatic heterocycles. The summed E-state index contributed by atoms with van der Waals surface area (Å²) in [5.74, 6) is 0. The van der Waals surface area contributed by atoms with Crippen molar-refractivity contribution < 1.29 is 0 Å². The third-order valence-corrected chi connectivity index (χ3v) is 5.59. The molecular formula is C20H32S2. The monoisotopic (exact) mass is 336 g/mol. The van der Waals surface area contributed by atoms with Crippen molar-refractivity contribution in [2.45, 2.75) is 78.1 Å². The van der Waals surface area contributed by atoms with Gasteiger partial charge in [0.1, 0.15) is 0 Å². The van der Waals surface area contributed by atoms with E-state index in [9.17, 15) is 0 Å². The van der Waals surface area contributed by atoms with Crippen LogP contribution in [-0.4, -0.2) is 0 Å². The average molecular weight is 337 g/mol. The van der Waals surface area contributed by atoms with Crippen LogP contribution in [0.5, 0.6) is 0 Å². The van der Waals surface area contributed by atoms with Gasteiger partial charge < -0.3 is 0 Å². The van der Waals surface area contributed by atoms with Crippen LogP contribution in [0.1, 0.15) is 75.0 Å². The Labute approximate surface area is 145 Å². The molecule has 0 aliphatic carbocycles. The van der Waals surface area contributed by atoms with Gasteiger partial charge in [0.25, 0.3) is 0 Å². The fraction of sp³-hybridized carbons (Fsp3) is 0.600. The Bertz CT molecular complexity index is 372. The van der Waals surface area contributed by atoms with E-state index in [1.807, 2.05) is 22.7 Å². The molecule has 0 saturated carbocycles. The Kier molecular flexibility index (Phi) is 12.4. The molecule has 2 heteroatoms. The van der Waals surface area contributed by atoms with Crippen LogP contribution < -0.4 is 0 Å². The highest BCUT2D eigenvalue weighted by molar-refractivity contribution is 7.10. The molecule has 0 saturated heterocycles. The van der Waals surface area contributed by atoms with E-state index in [0.717, 1.165) is 0 Å². The number of hydrogen-bond acceptors (Lipinski definition) is 2. The number of thiophene rings is 2. The summed E-state index contributed by atoms with van der Waals surface area (Å²) in [6.45, 7) is 4.51. The Morgan fingerprint density at radius 1 is 0.636 bits per heavy atom. The molecule has 0 atom stereocenters. The van der Waals surface area contributed by atoms with Crippen LogP contribution in [0.2, 0.25) is 0 Å². The first-order chi connectivity index (χ1) is 10.9. The van der Waals surface area contributed by atoms with E-state index in [0.29, 0.717) is 0 Å². The maximum absolute atomic E-state index is 2.26. The predicted molar refractivity (Wildman–Crippen MR) is 104 cm³/mol. The van der Waals surface area contributed by atoms with Gasteiger partial charge in [0.05, 0.1) is 0 Å². The quantitative estimate of drug-likeness (QED) is 0.389. The Balaban J connectivity index is 0.000000220. The van der Waals surface area contributed by atoms with Crippen LogP contribution in [0.25, 0.3) is 0 Å². The second-order valence-electron chi connectivity index (χ2n) is 5.78. The van der Waals surface area contributed by atoms with Gasteiger partial charge in [-0.1, -0.05) is 64.5 Å². The zero-order valence-electron chi connectivity index (χ0n) is 14.4. The first-order valence-electron chi connectivity index (χ1n) is 8.91. The summed E-state index contributed by atoms with van der Waals surface area (Å²) in [6, 6.07) is 8.74. The van der Waals surface area contributed by atoms with Crippen molar-refractivity contribution in [1.29, 1.82) is 0 Å². The van der Waals surface area contributed by atoms with Crippen LogP contribution in [0.4, 0.5) is 0 Å². The maximum Gasteiger partial charge on any atom is 0.00452 e. The molecule has 0 amide bonds. The summed E-state index contributed by atoms with van der Waals surface area (Å²) < 4.78 is 0. The van der Waals surface area contributed by atoms with Crippen molar-refractivity contribution >= 4 is 22.7 Å². The smallest absolute Gasteiger partial charge is 0.00452 e. The van der Waals surface area contributed by atoms with Crippen LogP contribution in [-0.2, 0) is 12.8 Å². The van der Waals surface area contributed by atoms with E-state index in [1.54, 1.807) is 9.75 Å². The van der Waals surface area contributed by atoms with E-state index in [-0.39, 0.29) is 0 Å². The van der Waals surface area contributed by atoms with Crippen LogP contribution in [0.3, 0.4) is 0 Å². The lowest BCUT2D eigenvalue weighted by atomic mass is 10.1. The number of aryl methyl sites for hydroxylation is 2. The Morgan fingerprint density at radius 3 is 1.41 bits per heavy atom. The van der Waals surface area contributed by atoms with Crippen LogP contribution in [0.15, 0.2) is 35.0 Å². The molecule has 0 fully saturated rings. The van der Waals surface area contributed by atoms with Gasteiger partial charge in [0, 0.05) is 9.75 Å². The third-order valence-electron chi connectivity index (χ3n) is 3.71. The normalized spacial score (nSPS) is 10.3. The SMILES string of the molecule is CCCCCCc1cccs1.CCCCCCc1cccs1. The minimum Gasteiger partial charge on any atom is -0.149 e. The van der Waals surface area contributed by atoms with Gasteiger partial charge in [-0.25, -0.2) is 0 Å². The van der Waals surface area contributed by atoms with E-state index in [4.69, 9.17) is 0 Å². The zero-order valence-corrected chi connectivity index (χ0v) is 16.0. The van der Waals surface area contributed by atoms with Crippen molar-refractivity contribution in [1.82, 2.24) is 0 Å². The fourth-order valence-electron chi connectivity index (χ4n) is 2.36. The van der Waals surface area contributed by atoms with Crippen LogP contribution in [0, 0.1) is 0 Å². The van der Waals surface area contributed by atoms with Crippen molar-refractivity contribution in [2.75, 3.05) is 0 Å². The number of rotatable bonds is 10. The van der Waals surface area contributed by atoms with E-state index in [1.165, 1.54) is 64.2 Å². The van der Waals surface area contributed by atoms with Crippen molar-refractivity contribution in [2.24, 2.45) is 0 Å². The van der Waals surface area contributed by atoms with E-state index < -0.39 is 0 Å². The topological polar surface area (TPSA) is 0 Å². The maximum atomic E-state index is 2.26. The molecule has 2 rings (SSSR count). The predicted octanol–water partition coefficient (Wildman–Crippen LogP) is 7.74. The summed E-state index contributed by atoms with van der Waals surface area (Å²) >= 11 is 3.76. The van der Waals surface area contributed by atoms with Crippen molar-refractivity contribution in [3.8, 4) is 0 Å². The minimum absolute atomic E-state index is 1.29. The van der Waals surface area contributed by atoms with Gasteiger partial charge in [0.15, 0.2) is 0 Å².